The third-order valence-corrected chi connectivity index (χ3v) is 6.68. The number of carbonyl (C=O) groups is 2. The SMILES string of the molecule is O=C(CN1C(=O)COc2ccc(-c3csc(-c4ccccc4Cl)n3)cc21)Nc1nccs1. The third kappa shape index (κ3) is 4.10. The molecule has 7 nitrogen and oxygen atoms in total. The minimum atomic E-state index is -0.332. The first-order valence-electron chi connectivity index (χ1n) is 9.56. The monoisotopic (exact) mass is 482 g/mol. The van der Waals surface area contributed by atoms with Gasteiger partial charge in [0.2, 0.25) is 5.91 Å². The topological polar surface area (TPSA) is 84.4 Å². The highest BCUT2D eigenvalue weighted by Crippen LogP contribution is 2.38. The number of amides is 2. The number of anilines is 2. The lowest BCUT2D eigenvalue weighted by molar-refractivity contribution is -0.123. The number of hydrogen-bond donors (Lipinski definition) is 1. The van der Waals surface area contributed by atoms with Crippen LogP contribution >= 0.6 is 34.3 Å². The van der Waals surface area contributed by atoms with E-state index in [1.807, 2.05) is 41.8 Å². The van der Waals surface area contributed by atoms with Crippen LogP contribution in [0.25, 0.3) is 21.8 Å². The summed E-state index contributed by atoms with van der Waals surface area (Å²) in [5.41, 5.74) is 2.95. The number of benzene rings is 2. The van der Waals surface area contributed by atoms with Gasteiger partial charge in [0.05, 0.1) is 16.4 Å². The molecule has 0 atom stereocenters. The smallest absolute Gasteiger partial charge is 0.265 e. The van der Waals surface area contributed by atoms with Crippen molar-refractivity contribution in [3.8, 4) is 27.6 Å². The van der Waals surface area contributed by atoms with E-state index in [-0.39, 0.29) is 25.0 Å². The van der Waals surface area contributed by atoms with Crippen molar-refractivity contribution in [1.82, 2.24) is 9.97 Å². The number of rotatable bonds is 5. The lowest BCUT2D eigenvalue weighted by atomic mass is 10.1. The summed E-state index contributed by atoms with van der Waals surface area (Å²) in [5, 5.41) is 8.33. The molecule has 160 valence electrons. The highest BCUT2D eigenvalue weighted by atomic mass is 35.5. The minimum Gasteiger partial charge on any atom is -0.482 e. The Morgan fingerprint density at radius 1 is 1.22 bits per heavy atom. The van der Waals surface area contributed by atoms with Gasteiger partial charge in [0.15, 0.2) is 11.7 Å². The Bertz CT molecular complexity index is 1310. The Morgan fingerprint density at radius 3 is 2.91 bits per heavy atom. The Morgan fingerprint density at radius 2 is 2.09 bits per heavy atom. The van der Waals surface area contributed by atoms with Crippen LogP contribution in [0.2, 0.25) is 5.02 Å². The lowest BCUT2D eigenvalue weighted by Crippen LogP contribution is -2.43. The molecule has 4 aromatic rings. The molecule has 3 heterocycles. The number of hydrogen-bond acceptors (Lipinski definition) is 7. The quantitative estimate of drug-likeness (QED) is 0.435. The summed E-state index contributed by atoms with van der Waals surface area (Å²) in [5.74, 6) is -0.0860. The van der Waals surface area contributed by atoms with Gasteiger partial charge in [0.1, 0.15) is 17.3 Å². The maximum Gasteiger partial charge on any atom is 0.265 e. The van der Waals surface area contributed by atoms with Crippen molar-refractivity contribution in [3.05, 3.63) is 64.4 Å². The maximum absolute atomic E-state index is 12.5. The van der Waals surface area contributed by atoms with Gasteiger partial charge in [-0.25, -0.2) is 9.97 Å². The number of ether oxygens (including phenoxy) is 1. The number of aromatic nitrogens is 2. The second kappa shape index (κ2) is 8.70. The summed E-state index contributed by atoms with van der Waals surface area (Å²) in [7, 11) is 0. The fourth-order valence-corrected chi connectivity index (χ4v) is 4.98. The highest BCUT2D eigenvalue weighted by molar-refractivity contribution is 7.14. The summed E-state index contributed by atoms with van der Waals surface area (Å²) in [6, 6.07) is 13.0. The van der Waals surface area contributed by atoms with Gasteiger partial charge >= 0.3 is 0 Å². The predicted molar refractivity (Wildman–Crippen MR) is 127 cm³/mol. The Hall–Kier alpha value is -3.27. The Kier molecular flexibility index (Phi) is 5.60. The molecular weight excluding hydrogens is 468 g/mol. The van der Waals surface area contributed by atoms with Crippen molar-refractivity contribution in [1.29, 1.82) is 0 Å². The van der Waals surface area contributed by atoms with E-state index >= 15 is 0 Å². The van der Waals surface area contributed by atoms with Crippen LogP contribution in [0.3, 0.4) is 0 Å². The zero-order chi connectivity index (χ0) is 22.1. The average molecular weight is 483 g/mol. The number of fused-ring (bicyclic) bond motifs is 1. The van der Waals surface area contributed by atoms with Crippen LogP contribution in [0.1, 0.15) is 0 Å². The summed E-state index contributed by atoms with van der Waals surface area (Å²) in [6.07, 6.45) is 1.60. The lowest BCUT2D eigenvalue weighted by Gasteiger charge is -2.29. The Balaban J connectivity index is 1.43. The number of carbonyl (C=O) groups excluding carboxylic acids is 2. The third-order valence-electron chi connectivity index (χ3n) is 4.79. The molecule has 2 amide bonds. The van der Waals surface area contributed by atoms with E-state index in [0.717, 1.165) is 21.8 Å². The van der Waals surface area contributed by atoms with Gasteiger partial charge in [-0.05, 0) is 24.3 Å². The van der Waals surface area contributed by atoms with Gasteiger partial charge in [-0.2, -0.15) is 0 Å². The Labute approximate surface area is 196 Å². The normalized spacial score (nSPS) is 12.9. The van der Waals surface area contributed by atoms with Crippen molar-refractivity contribution in [3.63, 3.8) is 0 Å². The first-order valence-corrected chi connectivity index (χ1v) is 11.7. The van der Waals surface area contributed by atoms with E-state index < -0.39 is 0 Å². The van der Waals surface area contributed by atoms with Crippen molar-refractivity contribution < 1.29 is 14.3 Å². The molecule has 0 saturated heterocycles. The van der Waals surface area contributed by atoms with Crippen molar-refractivity contribution >= 4 is 56.9 Å². The molecule has 5 rings (SSSR count). The molecule has 10 heteroatoms. The molecule has 0 unspecified atom stereocenters. The van der Waals surface area contributed by atoms with E-state index in [9.17, 15) is 9.59 Å². The van der Waals surface area contributed by atoms with Gasteiger partial charge in [0.25, 0.3) is 5.91 Å². The van der Waals surface area contributed by atoms with E-state index in [1.54, 1.807) is 17.6 Å². The van der Waals surface area contributed by atoms with Crippen LogP contribution in [-0.2, 0) is 9.59 Å². The fourth-order valence-electron chi connectivity index (χ4n) is 3.29. The summed E-state index contributed by atoms with van der Waals surface area (Å²) < 4.78 is 5.57. The van der Waals surface area contributed by atoms with Crippen molar-refractivity contribution in [2.24, 2.45) is 0 Å². The number of thiazole rings is 2. The van der Waals surface area contributed by atoms with Gasteiger partial charge in [-0.1, -0.05) is 29.8 Å². The van der Waals surface area contributed by atoms with Gasteiger partial charge in [0, 0.05) is 28.1 Å². The summed E-state index contributed by atoms with van der Waals surface area (Å²) >= 11 is 9.11. The first-order chi connectivity index (χ1) is 15.6. The molecule has 1 N–H and O–H groups in total. The van der Waals surface area contributed by atoms with Crippen molar-refractivity contribution in [2.45, 2.75) is 0 Å². The standard InChI is InChI=1S/C22H15ClN4O3S2/c23-15-4-2-1-3-14(15)21-25-16(12-32-21)13-5-6-18-17(9-13)27(20(29)11-30-18)10-19(28)26-22-24-7-8-31-22/h1-9,12H,10-11H2,(H,24,26,28). The maximum atomic E-state index is 12.5. The zero-order valence-electron chi connectivity index (χ0n) is 16.4. The van der Waals surface area contributed by atoms with Crippen LogP contribution in [0.4, 0.5) is 10.8 Å². The molecule has 2 aromatic carbocycles. The zero-order valence-corrected chi connectivity index (χ0v) is 18.8. The molecule has 0 bridgehead atoms. The minimum absolute atomic E-state index is 0.121. The molecule has 0 spiro atoms. The molecule has 0 fully saturated rings. The van der Waals surface area contributed by atoms with E-state index in [0.29, 0.717) is 21.6 Å². The number of nitrogens with zero attached hydrogens (tertiary/aromatic N) is 3. The average Bonchev–Trinajstić information content (AvgIpc) is 3.48. The second-order valence-electron chi connectivity index (χ2n) is 6.85. The van der Waals surface area contributed by atoms with Crippen LogP contribution in [0, 0.1) is 0 Å². The van der Waals surface area contributed by atoms with E-state index in [2.05, 4.69) is 10.3 Å². The van der Waals surface area contributed by atoms with Gasteiger partial charge in [-0.3, -0.25) is 14.5 Å². The second-order valence-corrected chi connectivity index (χ2v) is 9.01. The molecule has 1 aliphatic rings. The van der Waals surface area contributed by atoms with Gasteiger partial charge < -0.3 is 10.1 Å². The summed E-state index contributed by atoms with van der Waals surface area (Å²) in [4.78, 5) is 35.2. The van der Waals surface area contributed by atoms with Crippen LogP contribution in [0.15, 0.2) is 59.4 Å². The molecule has 1 aliphatic heterocycles. The van der Waals surface area contributed by atoms with Crippen molar-refractivity contribution in [2.75, 3.05) is 23.4 Å². The number of halogens is 1. The largest absolute Gasteiger partial charge is 0.482 e. The fraction of sp³-hybridized carbons (Fsp3) is 0.0909. The van der Waals surface area contributed by atoms with Crippen LogP contribution < -0.4 is 15.0 Å². The van der Waals surface area contributed by atoms with Gasteiger partial charge in [-0.15, -0.1) is 22.7 Å². The number of nitrogens with one attached hydrogen (secondary N) is 1. The summed E-state index contributed by atoms with van der Waals surface area (Å²) in [6.45, 7) is -0.260. The highest BCUT2D eigenvalue weighted by Gasteiger charge is 2.28. The van der Waals surface area contributed by atoms with E-state index in [4.69, 9.17) is 21.3 Å². The molecule has 32 heavy (non-hydrogen) atoms. The predicted octanol–water partition coefficient (Wildman–Crippen LogP) is 4.95. The molecule has 2 aromatic heterocycles. The molecule has 0 radical (unpaired) electrons. The molecule has 0 aliphatic carbocycles. The molecule has 0 saturated carbocycles. The van der Waals surface area contributed by atoms with Crippen LogP contribution in [-0.4, -0.2) is 34.9 Å². The van der Waals surface area contributed by atoms with Crippen LogP contribution in [0.5, 0.6) is 5.75 Å². The van der Waals surface area contributed by atoms with E-state index in [1.165, 1.54) is 27.6 Å². The molecular formula is C22H15ClN4O3S2. The first kappa shape index (κ1) is 20.6.